The van der Waals surface area contributed by atoms with Crippen LogP contribution in [0.4, 0.5) is 0 Å². The number of carbonyl (C=O) groups is 1. The zero-order chi connectivity index (χ0) is 14.0. The Morgan fingerprint density at radius 2 is 1.67 bits per heavy atom. The molecule has 2 N–H and O–H groups in total. The van der Waals surface area contributed by atoms with E-state index in [4.69, 9.17) is 10.2 Å². The lowest BCUT2D eigenvalue weighted by atomic mass is 10.1. The molecule has 1 amide bonds. The van der Waals surface area contributed by atoms with Gasteiger partial charge in [-0.25, -0.2) is 0 Å². The average Bonchev–Trinajstić information content (AvgIpc) is 2.28. The van der Waals surface area contributed by atoms with Gasteiger partial charge in [0.1, 0.15) is 0 Å². The lowest BCUT2D eigenvalue weighted by Crippen LogP contribution is -2.34. The molecule has 0 aliphatic rings. The molecule has 0 atom stereocenters. The van der Waals surface area contributed by atoms with Crippen LogP contribution in [0.5, 0.6) is 0 Å². The first kappa shape index (κ1) is 16.9. The zero-order valence-corrected chi connectivity index (χ0v) is 11.6. The third kappa shape index (κ3) is 8.03. The standard InChI is InChI=1S/C14H25NO3/c1-12(2)5-4-6-13(3)11-14(18)15(7-9-16)8-10-17/h5,11,16-17H,4,6-10H2,1-3H3. The highest BCUT2D eigenvalue weighted by Gasteiger charge is 2.09. The van der Waals surface area contributed by atoms with Crippen molar-refractivity contribution in [3.8, 4) is 0 Å². The molecule has 0 aromatic rings. The number of hydrogen-bond donors (Lipinski definition) is 2. The Kier molecular flexibility index (Phi) is 9.24. The molecule has 0 fully saturated rings. The van der Waals surface area contributed by atoms with Crippen molar-refractivity contribution < 1.29 is 15.0 Å². The van der Waals surface area contributed by atoms with Crippen molar-refractivity contribution in [2.75, 3.05) is 26.3 Å². The molecule has 0 spiro atoms. The van der Waals surface area contributed by atoms with Gasteiger partial charge >= 0.3 is 0 Å². The number of aliphatic hydroxyl groups is 2. The number of hydrogen-bond acceptors (Lipinski definition) is 3. The van der Waals surface area contributed by atoms with E-state index in [1.807, 2.05) is 6.92 Å². The normalized spacial score (nSPS) is 11.3. The first-order valence-corrected chi connectivity index (χ1v) is 6.32. The van der Waals surface area contributed by atoms with Crippen LogP contribution in [-0.2, 0) is 4.79 Å². The molecular formula is C14H25NO3. The Morgan fingerprint density at radius 1 is 1.11 bits per heavy atom. The highest BCUT2D eigenvalue weighted by atomic mass is 16.3. The fourth-order valence-corrected chi connectivity index (χ4v) is 1.54. The smallest absolute Gasteiger partial charge is 0.246 e. The van der Waals surface area contributed by atoms with Gasteiger partial charge in [0.2, 0.25) is 5.91 Å². The molecule has 0 bridgehead atoms. The van der Waals surface area contributed by atoms with Gasteiger partial charge in [-0.3, -0.25) is 4.79 Å². The second-order valence-electron chi connectivity index (χ2n) is 4.58. The zero-order valence-electron chi connectivity index (χ0n) is 11.6. The fourth-order valence-electron chi connectivity index (χ4n) is 1.54. The van der Waals surface area contributed by atoms with Crippen molar-refractivity contribution in [2.45, 2.75) is 33.6 Å². The molecule has 0 radical (unpaired) electrons. The van der Waals surface area contributed by atoms with E-state index >= 15 is 0 Å². The second kappa shape index (κ2) is 9.85. The van der Waals surface area contributed by atoms with Crippen LogP contribution in [0.1, 0.15) is 33.6 Å². The average molecular weight is 255 g/mol. The molecule has 0 aromatic heterocycles. The van der Waals surface area contributed by atoms with Gasteiger partial charge in [0.05, 0.1) is 13.2 Å². The molecule has 0 saturated carbocycles. The maximum absolute atomic E-state index is 11.8. The van der Waals surface area contributed by atoms with Crippen molar-refractivity contribution in [1.29, 1.82) is 0 Å². The maximum Gasteiger partial charge on any atom is 0.246 e. The van der Waals surface area contributed by atoms with Gasteiger partial charge in [-0.15, -0.1) is 0 Å². The third-order valence-electron chi connectivity index (χ3n) is 2.51. The van der Waals surface area contributed by atoms with Gasteiger partial charge in [0.25, 0.3) is 0 Å². The summed E-state index contributed by atoms with van der Waals surface area (Å²) < 4.78 is 0. The molecule has 104 valence electrons. The van der Waals surface area contributed by atoms with Crippen molar-refractivity contribution in [3.05, 3.63) is 23.3 Å². The Hall–Kier alpha value is -1.13. The minimum atomic E-state index is -0.146. The predicted molar refractivity (Wildman–Crippen MR) is 73.2 cm³/mol. The van der Waals surface area contributed by atoms with Gasteiger partial charge in [-0.2, -0.15) is 0 Å². The molecule has 0 aliphatic carbocycles. The summed E-state index contributed by atoms with van der Waals surface area (Å²) in [5.74, 6) is -0.146. The van der Waals surface area contributed by atoms with Gasteiger partial charge < -0.3 is 15.1 Å². The van der Waals surface area contributed by atoms with Crippen LogP contribution in [0, 0.1) is 0 Å². The van der Waals surface area contributed by atoms with Crippen LogP contribution in [0.15, 0.2) is 23.3 Å². The molecule has 4 heteroatoms. The Bertz CT molecular complexity index is 298. The molecule has 18 heavy (non-hydrogen) atoms. The molecule has 0 aliphatic heterocycles. The van der Waals surface area contributed by atoms with Crippen LogP contribution in [-0.4, -0.2) is 47.3 Å². The molecule has 0 unspecified atom stereocenters. The van der Waals surface area contributed by atoms with Gasteiger partial charge in [0, 0.05) is 19.2 Å². The molecule has 0 rings (SSSR count). The van der Waals surface area contributed by atoms with Crippen LogP contribution in [0.25, 0.3) is 0 Å². The minimum Gasteiger partial charge on any atom is -0.395 e. The summed E-state index contributed by atoms with van der Waals surface area (Å²) in [4.78, 5) is 13.3. The van der Waals surface area contributed by atoms with Crippen molar-refractivity contribution in [1.82, 2.24) is 4.90 Å². The number of rotatable bonds is 8. The van der Waals surface area contributed by atoms with E-state index < -0.39 is 0 Å². The summed E-state index contributed by atoms with van der Waals surface area (Å²) in [5.41, 5.74) is 2.29. The highest BCUT2D eigenvalue weighted by Crippen LogP contribution is 2.07. The van der Waals surface area contributed by atoms with Crippen molar-refractivity contribution in [2.24, 2.45) is 0 Å². The number of aliphatic hydroxyl groups excluding tert-OH is 2. The molecule has 0 heterocycles. The maximum atomic E-state index is 11.8. The molecule has 0 aromatic carbocycles. The lowest BCUT2D eigenvalue weighted by Gasteiger charge is -2.19. The van der Waals surface area contributed by atoms with Gasteiger partial charge in [0.15, 0.2) is 0 Å². The SMILES string of the molecule is CC(C)=CCCC(C)=CC(=O)N(CCO)CCO. The number of allylic oxidation sites excluding steroid dienone is 3. The summed E-state index contributed by atoms with van der Waals surface area (Å²) in [6.45, 7) is 6.37. The summed E-state index contributed by atoms with van der Waals surface area (Å²) in [5, 5.41) is 17.7. The molecule has 0 saturated heterocycles. The second-order valence-corrected chi connectivity index (χ2v) is 4.58. The predicted octanol–water partition coefficient (Wildman–Crippen LogP) is 1.49. The number of amides is 1. The topological polar surface area (TPSA) is 60.8 Å². The highest BCUT2D eigenvalue weighted by molar-refractivity contribution is 5.88. The minimum absolute atomic E-state index is 0.0869. The van der Waals surface area contributed by atoms with Crippen LogP contribution >= 0.6 is 0 Å². The van der Waals surface area contributed by atoms with E-state index in [1.165, 1.54) is 10.5 Å². The first-order chi connectivity index (χ1) is 8.51. The summed E-state index contributed by atoms with van der Waals surface area (Å²) in [6, 6.07) is 0. The molecule has 4 nitrogen and oxygen atoms in total. The quantitative estimate of drug-likeness (QED) is 0.510. The van der Waals surface area contributed by atoms with E-state index in [9.17, 15) is 4.79 Å². The molecular weight excluding hydrogens is 230 g/mol. The first-order valence-electron chi connectivity index (χ1n) is 6.32. The van der Waals surface area contributed by atoms with Gasteiger partial charge in [-0.1, -0.05) is 17.2 Å². The summed E-state index contributed by atoms with van der Waals surface area (Å²) >= 11 is 0. The van der Waals surface area contributed by atoms with Gasteiger partial charge in [-0.05, 0) is 33.6 Å². The van der Waals surface area contributed by atoms with E-state index in [0.29, 0.717) is 0 Å². The van der Waals surface area contributed by atoms with E-state index in [2.05, 4.69) is 19.9 Å². The Labute approximate surface area is 110 Å². The number of carbonyl (C=O) groups excluding carboxylic acids is 1. The lowest BCUT2D eigenvalue weighted by molar-refractivity contribution is -0.127. The van der Waals surface area contributed by atoms with Crippen molar-refractivity contribution >= 4 is 5.91 Å². The summed E-state index contributed by atoms with van der Waals surface area (Å²) in [6.07, 6.45) is 5.51. The summed E-state index contributed by atoms with van der Waals surface area (Å²) in [7, 11) is 0. The van der Waals surface area contributed by atoms with E-state index in [0.717, 1.165) is 18.4 Å². The number of nitrogens with zero attached hydrogens (tertiary/aromatic N) is 1. The van der Waals surface area contributed by atoms with Crippen LogP contribution < -0.4 is 0 Å². The third-order valence-corrected chi connectivity index (χ3v) is 2.51. The largest absolute Gasteiger partial charge is 0.395 e. The van der Waals surface area contributed by atoms with Crippen molar-refractivity contribution in [3.63, 3.8) is 0 Å². The Morgan fingerprint density at radius 3 is 2.11 bits per heavy atom. The fraction of sp³-hybridized carbons (Fsp3) is 0.643. The van der Waals surface area contributed by atoms with Crippen LogP contribution in [0.3, 0.4) is 0 Å². The van der Waals surface area contributed by atoms with E-state index in [1.54, 1.807) is 6.08 Å². The van der Waals surface area contributed by atoms with Crippen LogP contribution in [0.2, 0.25) is 0 Å². The monoisotopic (exact) mass is 255 g/mol. The Balaban J connectivity index is 4.34. The van der Waals surface area contributed by atoms with E-state index in [-0.39, 0.29) is 32.2 Å².